The van der Waals surface area contributed by atoms with E-state index in [4.69, 9.17) is 0 Å². The van der Waals surface area contributed by atoms with Gasteiger partial charge in [-0.3, -0.25) is 0 Å². The molecule has 149 valence electrons. The van der Waals surface area contributed by atoms with E-state index in [1.54, 1.807) is 6.07 Å². The minimum atomic E-state index is -0.214. The van der Waals surface area contributed by atoms with Crippen LogP contribution >= 0.6 is 15.9 Å². The Hall–Kier alpha value is -0.901. The van der Waals surface area contributed by atoms with Crippen LogP contribution in [0.4, 0.5) is 5.69 Å². The third kappa shape index (κ3) is 7.98. The van der Waals surface area contributed by atoms with E-state index in [-0.39, 0.29) is 23.0 Å². The molecule has 3 nitrogen and oxygen atoms in total. The molecule has 2 aromatic carbocycles. The number of nitrogens with zero attached hydrogens (tertiary/aromatic N) is 1. The van der Waals surface area contributed by atoms with Crippen LogP contribution in [0.5, 0.6) is 0 Å². The van der Waals surface area contributed by atoms with Crippen molar-refractivity contribution in [2.24, 2.45) is 4.99 Å². The molecule has 0 unspecified atom stereocenters. The van der Waals surface area contributed by atoms with Crippen LogP contribution in [0.25, 0.3) is 0 Å². The van der Waals surface area contributed by atoms with Crippen molar-refractivity contribution in [2.75, 3.05) is 0 Å². The maximum atomic E-state index is 12.2. The van der Waals surface area contributed by atoms with Gasteiger partial charge in [-0.1, -0.05) is 0 Å². The van der Waals surface area contributed by atoms with Crippen LogP contribution in [0.3, 0.4) is 0 Å². The smallest absolute Gasteiger partial charge is 0.0312 e. The van der Waals surface area contributed by atoms with Gasteiger partial charge in [0.05, 0.1) is 0 Å². The molecular weight excluding hydrogens is 547 g/mol. The summed E-state index contributed by atoms with van der Waals surface area (Å²) in [6.07, 6.45) is 18.2. The Morgan fingerprint density at radius 2 is 1.40 bits per heavy atom. The monoisotopic (exact) mass is 565 g/mol. The fourth-order valence-electron chi connectivity index (χ4n) is 2.57. The zero-order chi connectivity index (χ0) is 20.5. The molecule has 0 spiro atoms. The predicted molar refractivity (Wildman–Crippen MR) is 122 cm³/mol. The number of halogens is 1. The molecule has 6 heteroatoms. The molecule has 0 heterocycles. The van der Waals surface area contributed by atoms with Gasteiger partial charge >= 0.3 is 176 Å². The summed E-state index contributed by atoms with van der Waals surface area (Å²) in [6, 6.07) is 15.1. The number of hydrogen-bond acceptors (Lipinski definition) is 2. The summed E-state index contributed by atoms with van der Waals surface area (Å²) < 4.78 is 1.17. The van der Waals surface area contributed by atoms with Gasteiger partial charge in [-0.05, 0) is 32.1 Å². The summed E-state index contributed by atoms with van der Waals surface area (Å²) in [4.78, 5) is 16.6. The van der Waals surface area contributed by atoms with Gasteiger partial charge in [0.15, 0.2) is 0 Å². The first-order valence-corrected chi connectivity index (χ1v) is 10.6. The molecule has 0 atom stereocenters. The largest absolute Gasteiger partial charge is 2.00 e. The van der Waals surface area contributed by atoms with Crippen molar-refractivity contribution < 1.29 is 21.9 Å². The fraction of sp³-hybridized carbons (Fsp3) is 0. The second-order valence-electron chi connectivity index (χ2n) is 6.03. The van der Waals surface area contributed by atoms with Crippen LogP contribution in [0.15, 0.2) is 58.0 Å². The topological polar surface area (TPSA) is 41.5 Å². The van der Waals surface area contributed by atoms with Crippen molar-refractivity contribution in [3.05, 3.63) is 128 Å². The average molecular weight is 565 g/mol. The van der Waals surface area contributed by atoms with E-state index in [1.165, 1.54) is 5.92 Å². The van der Waals surface area contributed by atoms with Crippen molar-refractivity contribution in [3.63, 3.8) is 0 Å². The molecule has 1 N–H and O–H groups in total. The van der Waals surface area contributed by atoms with E-state index in [2.05, 4.69) is 55.1 Å². The second kappa shape index (κ2) is 13.5. The van der Waals surface area contributed by atoms with Crippen molar-refractivity contribution in [3.8, 4) is 0 Å². The molecule has 0 aromatic heterocycles. The van der Waals surface area contributed by atoms with E-state index in [1.807, 2.05) is 87.4 Å². The summed E-state index contributed by atoms with van der Waals surface area (Å²) in [5, 5.41) is 2.75. The summed E-state index contributed by atoms with van der Waals surface area (Å²) in [7, 11) is 0. The molecular formula is C24H18BrFeN2OSe+2. The zero-order valence-electron chi connectivity index (χ0n) is 15.8. The third-order valence-electron chi connectivity index (χ3n) is 3.99. The van der Waals surface area contributed by atoms with Crippen molar-refractivity contribution in [1.82, 2.24) is 5.32 Å². The zero-order valence-corrected chi connectivity index (χ0v) is 20.2. The molecule has 2 aliphatic rings. The maximum Gasteiger partial charge on any atom is 2.00 e. The van der Waals surface area contributed by atoms with Gasteiger partial charge in [-0.25, -0.2) is 0 Å². The van der Waals surface area contributed by atoms with Crippen molar-refractivity contribution >= 4 is 48.3 Å². The van der Waals surface area contributed by atoms with Crippen molar-refractivity contribution in [1.29, 1.82) is 0 Å². The predicted octanol–water partition coefficient (Wildman–Crippen LogP) is 4.81. The average Bonchev–Trinajstić information content (AvgIpc) is 3.45. The Morgan fingerprint density at radius 3 is 1.97 bits per heavy atom. The van der Waals surface area contributed by atoms with Gasteiger partial charge in [0.1, 0.15) is 0 Å². The number of amides is 1. The van der Waals surface area contributed by atoms with Gasteiger partial charge in [-0.2, -0.15) is 0 Å². The Kier molecular flexibility index (Phi) is 11.4. The van der Waals surface area contributed by atoms with Gasteiger partial charge in [0, 0.05) is 0 Å². The first kappa shape index (κ1) is 25.4. The van der Waals surface area contributed by atoms with E-state index < -0.39 is 0 Å². The standard InChI is InChI=1S/C19H13BrN2OSe.C5H5.Fe/c20-17-8-4-3-7-16(17)18(23)22-19(24)21-15-11-9-14(10-12-15)13-5-1-2-6-13;1-2-4-5-3-1;/h1-12H,(H,21,22,23);1-5H;/q;;+2. The molecule has 1 amide bonds. The molecule has 2 aromatic rings. The van der Waals surface area contributed by atoms with E-state index in [0.29, 0.717) is 10.3 Å². The van der Waals surface area contributed by atoms with Gasteiger partial charge in [-0.15, -0.1) is 0 Å². The van der Waals surface area contributed by atoms with Crippen LogP contribution in [-0.4, -0.2) is 26.7 Å². The molecule has 11 radical (unpaired) electrons. The molecule has 0 aliphatic heterocycles. The minimum absolute atomic E-state index is 0. The number of amidine groups is 1. The van der Waals surface area contributed by atoms with Crippen LogP contribution in [0.2, 0.25) is 0 Å². The fourth-order valence-corrected chi connectivity index (χ4v) is 3.45. The molecule has 4 rings (SSSR count). The van der Waals surface area contributed by atoms with Crippen LogP contribution < -0.4 is 5.32 Å². The third-order valence-corrected chi connectivity index (χ3v) is 5.09. The van der Waals surface area contributed by atoms with E-state index in [9.17, 15) is 4.79 Å². The number of rotatable bonds is 3. The summed E-state index contributed by atoms with van der Waals surface area (Å²) in [5.74, 6) is 0.962. The Bertz CT molecular complexity index is 824. The summed E-state index contributed by atoms with van der Waals surface area (Å²) in [5.41, 5.74) is 2.47. The summed E-state index contributed by atoms with van der Waals surface area (Å²) >= 11 is 6.16. The summed E-state index contributed by atoms with van der Waals surface area (Å²) in [6.45, 7) is 0. The van der Waals surface area contributed by atoms with E-state index >= 15 is 0 Å². The Balaban J connectivity index is 0.000000468. The number of benzene rings is 2. The number of carbonyl (C=O) groups excluding carboxylic acids is 1. The number of carbonyl (C=O) groups is 1. The Labute approximate surface area is 207 Å². The number of aliphatic imine (C=N–C) groups is 1. The molecule has 2 aliphatic carbocycles. The molecule has 2 fully saturated rings. The maximum absolute atomic E-state index is 12.2. The molecule has 2 saturated carbocycles. The minimum Gasteiger partial charge on any atom is -0.0312 e. The van der Waals surface area contributed by atoms with Gasteiger partial charge < -0.3 is 0 Å². The van der Waals surface area contributed by atoms with Crippen LogP contribution in [0, 0.1) is 63.7 Å². The van der Waals surface area contributed by atoms with Gasteiger partial charge in [0.25, 0.3) is 0 Å². The van der Waals surface area contributed by atoms with Crippen LogP contribution in [0.1, 0.15) is 15.9 Å². The second-order valence-corrected chi connectivity index (χ2v) is 7.70. The molecule has 30 heavy (non-hydrogen) atoms. The first-order valence-electron chi connectivity index (χ1n) is 8.94. The molecule has 0 saturated heterocycles. The van der Waals surface area contributed by atoms with Crippen LogP contribution in [-0.2, 0) is 17.1 Å². The van der Waals surface area contributed by atoms with Gasteiger partial charge in [0.2, 0.25) is 0 Å². The van der Waals surface area contributed by atoms with E-state index in [0.717, 1.165) is 15.7 Å². The van der Waals surface area contributed by atoms with Crippen molar-refractivity contribution in [2.45, 2.75) is 0 Å². The first-order chi connectivity index (χ1) is 14.1. The molecule has 0 bridgehead atoms. The quantitative estimate of drug-likeness (QED) is 0.325. The number of nitrogens with one attached hydrogen (secondary N) is 1. The normalized spacial score (nSPS) is 16.4. The number of hydrogen-bond donors (Lipinski definition) is 1. The SMILES string of the molecule is O=C(NC([Se])=Nc1ccc([C]2[CH][CH][CH][CH]2)cc1)c1ccccc1Br.[CH]1[CH][CH][CH][CH]1.[Fe+2]. The Morgan fingerprint density at radius 1 is 0.833 bits per heavy atom.